The topological polar surface area (TPSA) is 67.9 Å². The van der Waals surface area contributed by atoms with E-state index in [2.05, 4.69) is 5.32 Å². The highest BCUT2D eigenvalue weighted by Gasteiger charge is 2.30. The van der Waals surface area contributed by atoms with Gasteiger partial charge < -0.3 is 19.7 Å². The number of hydrogen-bond acceptors (Lipinski definition) is 5. The van der Waals surface area contributed by atoms with Crippen LogP contribution in [0.2, 0.25) is 0 Å². The van der Waals surface area contributed by atoms with Crippen molar-refractivity contribution in [3.05, 3.63) is 53.6 Å². The lowest BCUT2D eigenvalue weighted by molar-refractivity contribution is -0.129. The van der Waals surface area contributed by atoms with Crippen molar-refractivity contribution in [1.29, 1.82) is 0 Å². The van der Waals surface area contributed by atoms with E-state index in [1.165, 1.54) is 11.8 Å². The molecular weight excluding hydrogens is 412 g/mol. The largest absolute Gasteiger partial charge is 0.490 e. The number of carbonyl (C=O) groups excluding carboxylic acids is 2. The Morgan fingerprint density at radius 2 is 1.81 bits per heavy atom. The molecule has 0 aromatic heterocycles. The number of aryl methyl sites for hydroxylation is 1. The standard InChI is InChI=1S/C24H28N2O4S/c1-17-5-8-19(9-6-17)25-23(27)15-31-16-24(28)26-11-2-4-20(26)18-7-10-21-22(14-18)30-13-3-12-29-21/h5-10,14,20H,2-4,11-13,15-16H2,1H3,(H,25,27)/t20-/m0/s1. The molecule has 1 atom stereocenters. The minimum atomic E-state index is -0.0949. The fourth-order valence-electron chi connectivity index (χ4n) is 3.95. The van der Waals surface area contributed by atoms with Crippen LogP contribution in [0, 0.1) is 6.92 Å². The van der Waals surface area contributed by atoms with Gasteiger partial charge in [-0.2, -0.15) is 0 Å². The van der Waals surface area contributed by atoms with Gasteiger partial charge in [-0.25, -0.2) is 0 Å². The highest BCUT2D eigenvalue weighted by molar-refractivity contribution is 8.00. The third-order valence-electron chi connectivity index (χ3n) is 5.52. The number of anilines is 1. The van der Waals surface area contributed by atoms with Gasteiger partial charge in [0.05, 0.1) is 30.8 Å². The zero-order valence-corrected chi connectivity index (χ0v) is 18.6. The number of rotatable bonds is 6. The van der Waals surface area contributed by atoms with Crippen LogP contribution in [0.3, 0.4) is 0 Å². The van der Waals surface area contributed by atoms with Crippen LogP contribution in [-0.4, -0.2) is 48.0 Å². The molecule has 164 valence electrons. The second-order valence-corrected chi connectivity index (χ2v) is 8.89. The Balaban J connectivity index is 1.30. The van der Waals surface area contributed by atoms with Gasteiger partial charge in [0.2, 0.25) is 11.8 Å². The van der Waals surface area contributed by atoms with Gasteiger partial charge in [-0.15, -0.1) is 11.8 Å². The molecule has 0 aliphatic carbocycles. The summed E-state index contributed by atoms with van der Waals surface area (Å²) in [5.74, 6) is 2.05. The molecule has 0 radical (unpaired) electrons. The van der Waals surface area contributed by atoms with Crippen molar-refractivity contribution in [1.82, 2.24) is 4.90 Å². The van der Waals surface area contributed by atoms with Crippen LogP contribution in [-0.2, 0) is 9.59 Å². The van der Waals surface area contributed by atoms with Crippen LogP contribution in [0.25, 0.3) is 0 Å². The first kappa shape index (κ1) is 21.6. The zero-order chi connectivity index (χ0) is 21.6. The monoisotopic (exact) mass is 440 g/mol. The van der Waals surface area contributed by atoms with E-state index in [0.717, 1.165) is 54.1 Å². The van der Waals surface area contributed by atoms with Crippen LogP contribution in [0.15, 0.2) is 42.5 Å². The first-order chi connectivity index (χ1) is 15.1. The molecule has 4 rings (SSSR count). The Hall–Kier alpha value is -2.67. The molecule has 0 saturated carbocycles. The molecule has 1 saturated heterocycles. The molecular formula is C24H28N2O4S. The summed E-state index contributed by atoms with van der Waals surface area (Å²) in [4.78, 5) is 27.0. The smallest absolute Gasteiger partial charge is 0.234 e. The number of fused-ring (bicyclic) bond motifs is 1. The van der Waals surface area contributed by atoms with Gasteiger partial charge in [-0.3, -0.25) is 9.59 Å². The van der Waals surface area contributed by atoms with E-state index in [9.17, 15) is 9.59 Å². The predicted molar refractivity (Wildman–Crippen MR) is 123 cm³/mol. The number of nitrogens with zero attached hydrogens (tertiary/aromatic N) is 1. The predicted octanol–water partition coefficient (Wildman–Crippen LogP) is 4.19. The number of carbonyl (C=O) groups is 2. The molecule has 31 heavy (non-hydrogen) atoms. The Kier molecular flexibility index (Phi) is 7.02. The SMILES string of the molecule is Cc1ccc(NC(=O)CSCC(=O)N2CCC[C@H]2c2ccc3c(c2)OCCCO3)cc1. The number of ether oxygens (including phenoxy) is 2. The zero-order valence-electron chi connectivity index (χ0n) is 17.8. The van der Waals surface area contributed by atoms with E-state index in [1.807, 2.05) is 54.3 Å². The first-order valence-corrected chi connectivity index (χ1v) is 11.9. The number of amides is 2. The summed E-state index contributed by atoms with van der Waals surface area (Å²) in [6.07, 6.45) is 2.78. The maximum Gasteiger partial charge on any atom is 0.234 e. The van der Waals surface area contributed by atoms with Crippen molar-refractivity contribution in [2.45, 2.75) is 32.2 Å². The average molecular weight is 441 g/mol. The van der Waals surface area contributed by atoms with Crippen LogP contribution in [0.1, 0.15) is 36.4 Å². The van der Waals surface area contributed by atoms with Crippen molar-refractivity contribution < 1.29 is 19.1 Å². The van der Waals surface area contributed by atoms with E-state index in [1.54, 1.807) is 0 Å². The minimum Gasteiger partial charge on any atom is -0.490 e. The molecule has 0 bridgehead atoms. The van der Waals surface area contributed by atoms with Gasteiger partial charge in [0.25, 0.3) is 0 Å². The number of thioether (sulfide) groups is 1. The summed E-state index contributed by atoms with van der Waals surface area (Å²) >= 11 is 1.35. The third-order valence-corrected chi connectivity index (χ3v) is 6.44. The number of benzene rings is 2. The minimum absolute atomic E-state index is 0.0478. The molecule has 6 nitrogen and oxygen atoms in total. The van der Waals surface area contributed by atoms with Gasteiger partial charge in [0, 0.05) is 18.7 Å². The number of hydrogen-bond donors (Lipinski definition) is 1. The lowest BCUT2D eigenvalue weighted by Crippen LogP contribution is -2.32. The van der Waals surface area contributed by atoms with Gasteiger partial charge in [0.1, 0.15) is 0 Å². The molecule has 0 spiro atoms. The molecule has 1 fully saturated rings. The summed E-state index contributed by atoms with van der Waals surface area (Å²) in [5, 5.41) is 2.87. The maximum absolute atomic E-state index is 12.9. The van der Waals surface area contributed by atoms with Crippen molar-refractivity contribution in [3.8, 4) is 11.5 Å². The van der Waals surface area contributed by atoms with Crippen LogP contribution < -0.4 is 14.8 Å². The summed E-state index contributed by atoms with van der Waals surface area (Å²) in [6.45, 7) is 4.05. The van der Waals surface area contributed by atoms with E-state index < -0.39 is 0 Å². The van der Waals surface area contributed by atoms with E-state index >= 15 is 0 Å². The Labute approximate surface area is 187 Å². The lowest BCUT2D eigenvalue weighted by Gasteiger charge is -2.25. The Morgan fingerprint density at radius 3 is 2.61 bits per heavy atom. The molecule has 2 aliphatic rings. The normalized spacial score (nSPS) is 17.8. The second kappa shape index (κ2) is 10.1. The molecule has 2 heterocycles. The molecule has 2 aliphatic heterocycles. The van der Waals surface area contributed by atoms with Gasteiger partial charge in [-0.1, -0.05) is 23.8 Å². The first-order valence-electron chi connectivity index (χ1n) is 10.7. The summed E-state index contributed by atoms with van der Waals surface area (Å²) in [7, 11) is 0. The Morgan fingerprint density at radius 1 is 1.03 bits per heavy atom. The lowest BCUT2D eigenvalue weighted by atomic mass is 10.0. The molecule has 2 amide bonds. The summed E-state index contributed by atoms with van der Waals surface area (Å²) < 4.78 is 11.5. The highest BCUT2D eigenvalue weighted by atomic mass is 32.2. The van der Waals surface area contributed by atoms with Crippen molar-refractivity contribution in [2.75, 3.05) is 36.6 Å². The van der Waals surface area contributed by atoms with Crippen molar-refractivity contribution in [2.24, 2.45) is 0 Å². The van der Waals surface area contributed by atoms with Crippen LogP contribution in [0.4, 0.5) is 5.69 Å². The van der Waals surface area contributed by atoms with Gasteiger partial charge in [0.15, 0.2) is 11.5 Å². The van der Waals surface area contributed by atoms with E-state index in [0.29, 0.717) is 19.0 Å². The molecule has 0 unspecified atom stereocenters. The van der Waals surface area contributed by atoms with Gasteiger partial charge >= 0.3 is 0 Å². The van der Waals surface area contributed by atoms with E-state index in [-0.39, 0.29) is 23.6 Å². The summed E-state index contributed by atoms with van der Waals surface area (Å²) in [6, 6.07) is 13.7. The van der Waals surface area contributed by atoms with Crippen LogP contribution >= 0.6 is 11.8 Å². The van der Waals surface area contributed by atoms with Crippen molar-refractivity contribution in [3.63, 3.8) is 0 Å². The van der Waals surface area contributed by atoms with Gasteiger partial charge in [-0.05, 0) is 49.6 Å². The highest BCUT2D eigenvalue weighted by Crippen LogP contribution is 2.38. The third kappa shape index (κ3) is 5.53. The second-order valence-electron chi connectivity index (χ2n) is 7.91. The average Bonchev–Trinajstić information content (AvgIpc) is 3.14. The number of likely N-dealkylation sites (tertiary alicyclic amines) is 1. The van der Waals surface area contributed by atoms with E-state index in [4.69, 9.17) is 9.47 Å². The maximum atomic E-state index is 12.9. The van der Waals surface area contributed by atoms with Crippen LogP contribution in [0.5, 0.6) is 11.5 Å². The Bertz CT molecular complexity index is 932. The number of nitrogens with one attached hydrogen (secondary N) is 1. The molecule has 1 N–H and O–H groups in total. The quantitative estimate of drug-likeness (QED) is 0.730. The molecule has 7 heteroatoms. The summed E-state index contributed by atoms with van der Waals surface area (Å²) in [5.41, 5.74) is 3.00. The fourth-order valence-corrected chi connectivity index (χ4v) is 4.65. The van der Waals surface area contributed by atoms with Crippen molar-refractivity contribution >= 4 is 29.3 Å². The molecule has 2 aromatic rings. The molecule has 2 aromatic carbocycles. The fraction of sp³-hybridized carbons (Fsp3) is 0.417.